The van der Waals surface area contributed by atoms with Crippen LogP contribution < -0.4 is 0 Å². The number of carbonyl (C=O) groups excluding carboxylic acids is 1. The molecule has 3 nitrogen and oxygen atoms in total. The molecule has 0 aromatic rings. The highest BCUT2D eigenvalue weighted by atomic mass is 16.6. The highest BCUT2D eigenvalue weighted by molar-refractivity contribution is 5.87. The van der Waals surface area contributed by atoms with Gasteiger partial charge < -0.3 is 9.47 Å². The van der Waals surface area contributed by atoms with E-state index < -0.39 is 0 Å². The van der Waals surface area contributed by atoms with Crippen molar-refractivity contribution in [1.29, 1.82) is 0 Å². The summed E-state index contributed by atoms with van der Waals surface area (Å²) in [6.07, 6.45) is 7.06. The van der Waals surface area contributed by atoms with Crippen molar-refractivity contribution in [2.75, 3.05) is 7.11 Å². The lowest BCUT2D eigenvalue weighted by molar-refractivity contribution is -0.222. The molecule has 0 aromatic carbocycles. The van der Waals surface area contributed by atoms with Gasteiger partial charge in [0.05, 0.1) is 5.60 Å². The highest BCUT2D eigenvalue weighted by Gasteiger charge is 2.60. The number of carbonyl (C=O) groups is 1. The van der Waals surface area contributed by atoms with Crippen molar-refractivity contribution in [3.05, 3.63) is 12.2 Å². The van der Waals surface area contributed by atoms with Crippen LogP contribution in [0.2, 0.25) is 0 Å². The van der Waals surface area contributed by atoms with E-state index in [9.17, 15) is 4.79 Å². The van der Waals surface area contributed by atoms with Crippen LogP contribution in [-0.4, -0.2) is 24.3 Å². The van der Waals surface area contributed by atoms with E-state index in [1.54, 1.807) is 14.0 Å². The van der Waals surface area contributed by atoms with Crippen LogP contribution in [0.25, 0.3) is 0 Å². The second kappa shape index (κ2) is 5.36. The van der Waals surface area contributed by atoms with Crippen molar-refractivity contribution in [1.82, 2.24) is 0 Å². The summed E-state index contributed by atoms with van der Waals surface area (Å²) in [5, 5.41) is 0. The number of rotatable bonds is 5. The Bertz CT molecular complexity index is 449. The van der Waals surface area contributed by atoms with Gasteiger partial charge in [-0.2, -0.15) is 0 Å². The average molecular weight is 306 g/mol. The van der Waals surface area contributed by atoms with Gasteiger partial charge in [0.1, 0.15) is 5.60 Å². The van der Waals surface area contributed by atoms with Crippen LogP contribution in [0.4, 0.5) is 0 Å². The van der Waals surface area contributed by atoms with E-state index in [-0.39, 0.29) is 17.2 Å². The molecule has 4 aliphatic carbocycles. The average Bonchev–Trinajstić information content (AvgIpc) is 2.43. The molecule has 4 aliphatic rings. The van der Waals surface area contributed by atoms with Gasteiger partial charge in [-0.15, -0.1) is 0 Å². The summed E-state index contributed by atoms with van der Waals surface area (Å²) in [6, 6.07) is 0. The molecule has 124 valence electrons. The first-order chi connectivity index (χ1) is 10.3. The monoisotopic (exact) mass is 306 g/mol. The highest BCUT2D eigenvalue weighted by Crippen LogP contribution is 2.61. The zero-order valence-electron chi connectivity index (χ0n) is 14.5. The number of hydrogen-bond donors (Lipinski definition) is 0. The minimum Gasteiger partial charge on any atom is -0.455 e. The summed E-state index contributed by atoms with van der Waals surface area (Å²) in [4.78, 5) is 12.4. The van der Waals surface area contributed by atoms with Gasteiger partial charge in [0.15, 0.2) is 0 Å². The smallest absolute Gasteiger partial charge is 0.333 e. The van der Waals surface area contributed by atoms with Gasteiger partial charge in [0.2, 0.25) is 0 Å². The van der Waals surface area contributed by atoms with E-state index in [0.717, 1.165) is 18.3 Å². The summed E-state index contributed by atoms with van der Waals surface area (Å²) in [6.45, 7) is 9.73. The molecule has 0 amide bonds. The molecule has 4 saturated carbocycles. The van der Waals surface area contributed by atoms with Crippen LogP contribution in [0, 0.1) is 23.7 Å². The van der Waals surface area contributed by atoms with Gasteiger partial charge >= 0.3 is 5.97 Å². The lowest BCUT2D eigenvalue weighted by atomic mass is 9.48. The molecule has 4 rings (SSSR count). The molecule has 0 unspecified atom stereocenters. The van der Waals surface area contributed by atoms with Gasteiger partial charge in [-0.3, -0.25) is 0 Å². The summed E-state index contributed by atoms with van der Waals surface area (Å²) >= 11 is 0. The van der Waals surface area contributed by atoms with Crippen LogP contribution in [0.3, 0.4) is 0 Å². The first-order valence-corrected chi connectivity index (χ1v) is 8.70. The predicted molar refractivity (Wildman–Crippen MR) is 86.4 cm³/mol. The Labute approximate surface area is 134 Å². The molecule has 0 heterocycles. The number of ether oxygens (including phenoxy) is 2. The minimum absolute atomic E-state index is 0.223. The Morgan fingerprint density at radius 2 is 1.64 bits per heavy atom. The van der Waals surface area contributed by atoms with Gasteiger partial charge in [0, 0.05) is 19.1 Å². The molecular formula is C19H30O3. The zero-order valence-corrected chi connectivity index (χ0v) is 14.5. The van der Waals surface area contributed by atoms with Crippen molar-refractivity contribution in [2.24, 2.45) is 23.7 Å². The SMILES string of the molecule is C=C(C)C(=O)OC1(CC(C)(C)OC)C2CC3CC(C2)CC1C3. The van der Waals surface area contributed by atoms with E-state index in [4.69, 9.17) is 9.47 Å². The lowest BCUT2D eigenvalue weighted by Crippen LogP contribution is -2.62. The fraction of sp³-hybridized carbons (Fsp3) is 0.842. The minimum atomic E-state index is -0.344. The third-order valence-electron chi connectivity index (χ3n) is 6.41. The maximum Gasteiger partial charge on any atom is 0.333 e. The van der Waals surface area contributed by atoms with Crippen LogP contribution in [0.5, 0.6) is 0 Å². The second-order valence-electron chi connectivity index (χ2n) is 8.57. The first kappa shape index (κ1) is 16.0. The molecule has 0 radical (unpaired) electrons. The third kappa shape index (κ3) is 2.62. The molecular weight excluding hydrogens is 276 g/mol. The molecule has 0 aliphatic heterocycles. The van der Waals surface area contributed by atoms with Crippen molar-refractivity contribution in [3.63, 3.8) is 0 Å². The van der Waals surface area contributed by atoms with E-state index in [2.05, 4.69) is 20.4 Å². The molecule has 22 heavy (non-hydrogen) atoms. The Kier molecular flexibility index (Phi) is 3.91. The quantitative estimate of drug-likeness (QED) is 0.566. The first-order valence-electron chi connectivity index (χ1n) is 8.70. The summed E-state index contributed by atoms with van der Waals surface area (Å²) in [5.74, 6) is 2.48. The summed E-state index contributed by atoms with van der Waals surface area (Å²) < 4.78 is 11.9. The van der Waals surface area contributed by atoms with Crippen LogP contribution >= 0.6 is 0 Å². The largest absolute Gasteiger partial charge is 0.455 e. The van der Waals surface area contributed by atoms with E-state index in [1.165, 1.54) is 32.1 Å². The number of hydrogen-bond acceptors (Lipinski definition) is 3. The van der Waals surface area contributed by atoms with Crippen molar-refractivity contribution >= 4 is 5.97 Å². The fourth-order valence-electron chi connectivity index (χ4n) is 5.47. The van der Waals surface area contributed by atoms with Crippen molar-refractivity contribution < 1.29 is 14.3 Å². The molecule has 0 aromatic heterocycles. The fourth-order valence-corrected chi connectivity index (χ4v) is 5.47. The molecule has 0 atom stereocenters. The van der Waals surface area contributed by atoms with Crippen LogP contribution in [0.1, 0.15) is 59.3 Å². The van der Waals surface area contributed by atoms with E-state index >= 15 is 0 Å². The number of esters is 1. The molecule has 4 fully saturated rings. The van der Waals surface area contributed by atoms with Gasteiger partial charge in [-0.25, -0.2) is 4.79 Å². The molecule has 4 bridgehead atoms. The maximum atomic E-state index is 12.4. The number of methoxy groups -OCH3 is 1. The summed E-state index contributed by atoms with van der Waals surface area (Å²) in [5.41, 5.74) is -0.114. The Balaban J connectivity index is 1.92. The molecule has 0 spiro atoms. The topological polar surface area (TPSA) is 35.5 Å². The Hall–Kier alpha value is -0.830. The molecule has 3 heteroatoms. The van der Waals surface area contributed by atoms with Crippen molar-refractivity contribution in [3.8, 4) is 0 Å². The van der Waals surface area contributed by atoms with Gasteiger partial charge in [0.25, 0.3) is 0 Å². The normalized spacial score (nSPS) is 39.8. The summed E-state index contributed by atoms with van der Waals surface area (Å²) in [7, 11) is 1.75. The predicted octanol–water partition coefficient (Wildman–Crippen LogP) is 4.12. The van der Waals surface area contributed by atoms with E-state index in [0.29, 0.717) is 17.4 Å². The Morgan fingerprint density at radius 1 is 1.14 bits per heavy atom. The third-order valence-corrected chi connectivity index (χ3v) is 6.41. The van der Waals surface area contributed by atoms with Crippen molar-refractivity contribution in [2.45, 2.75) is 70.5 Å². The lowest BCUT2D eigenvalue weighted by Gasteiger charge is -2.61. The standard InChI is InChI=1S/C19H30O3/c1-12(2)17(20)22-19(11-18(3,4)21-5)15-7-13-6-14(9-15)10-16(19)8-13/h13-16H,1,6-11H2,2-5H3. The zero-order chi connectivity index (χ0) is 16.1. The Morgan fingerprint density at radius 3 is 2.05 bits per heavy atom. The molecule has 0 saturated heterocycles. The van der Waals surface area contributed by atoms with Gasteiger partial charge in [-0.05, 0) is 76.5 Å². The molecule has 0 N–H and O–H groups in total. The van der Waals surface area contributed by atoms with Gasteiger partial charge in [-0.1, -0.05) is 6.58 Å². The second-order valence-corrected chi connectivity index (χ2v) is 8.57. The van der Waals surface area contributed by atoms with E-state index in [1.807, 2.05) is 0 Å². The maximum absolute atomic E-state index is 12.4. The van der Waals surface area contributed by atoms with Crippen LogP contribution in [-0.2, 0) is 14.3 Å². The van der Waals surface area contributed by atoms with Crippen LogP contribution in [0.15, 0.2) is 12.2 Å².